The van der Waals surface area contributed by atoms with Crippen molar-refractivity contribution >= 4 is 11.8 Å². The van der Waals surface area contributed by atoms with Gasteiger partial charge in [0, 0.05) is 32.6 Å². The average Bonchev–Trinajstić information content (AvgIpc) is 3.41. The molecule has 0 radical (unpaired) electrons. The van der Waals surface area contributed by atoms with Crippen LogP contribution in [0.25, 0.3) is 0 Å². The quantitative estimate of drug-likeness (QED) is 0.693. The normalized spacial score (nSPS) is 25.3. The lowest BCUT2D eigenvalue weighted by molar-refractivity contribution is -0.146. The van der Waals surface area contributed by atoms with Crippen LogP contribution in [0.4, 0.5) is 0 Å². The second kappa shape index (κ2) is 7.91. The van der Waals surface area contributed by atoms with Crippen LogP contribution in [0.15, 0.2) is 30.3 Å². The van der Waals surface area contributed by atoms with Gasteiger partial charge in [-0.05, 0) is 56.6 Å². The van der Waals surface area contributed by atoms with Crippen LogP contribution in [0.3, 0.4) is 0 Å². The predicted octanol–water partition coefficient (Wildman–Crippen LogP) is 3.10. The van der Waals surface area contributed by atoms with E-state index < -0.39 is 0 Å². The number of hydrogen-bond acceptors (Lipinski definition) is 3. The standard InChI is InChI=1S/C22H30N2O3/c25-20(8-4-15-27-19-6-2-1-3-7-19)24-14-12-22(17-24)11-5-13-23(21(22)26)16-18-9-10-18/h1-3,6-7,18H,4-5,8-17H2/t22-/m1/s1. The fourth-order valence-corrected chi connectivity index (χ4v) is 4.49. The topological polar surface area (TPSA) is 49.9 Å². The molecule has 1 aromatic carbocycles. The van der Waals surface area contributed by atoms with Crippen molar-refractivity contribution in [1.29, 1.82) is 0 Å². The maximum atomic E-state index is 13.1. The van der Waals surface area contributed by atoms with Crippen molar-refractivity contribution in [3.8, 4) is 5.75 Å². The minimum absolute atomic E-state index is 0.163. The van der Waals surface area contributed by atoms with E-state index in [0.29, 0.717) is 31.9 Å². The molecule has 27 heavy (non-hydrogen) atoms. The summed E-state index contributed by atoms with van der Waals surface area (Å²) in [6, 6.07) is 9.69. The van der Waals surface area contributed by atoms with Crippen molar-refractivity contribution in [3.05, 3.63) is 30.3 Å². The van der Waals surface area contributed by atoms with E-state index in [1.165, 1.54) is 12.8 Å². The van der Waals surface area contributed by atoms with E-state index in [-0.39, 0.29) is 11.3 Å². The summed E-state index contributed by atoms with van der Waals surface area (Å²) in [6.07, 6.45) is 6.58. The summed E-state index contributed by atoms with van der Waals surface area (Å²) in [6.45, 7) is 3.73. The Hall–Kier alpha value is -2.04. The molecule has 3 fully saturated rings. The zero-order valence-corrected chi connectivity index (χ0v) is 16.1. The Labute approximate surface area is 161 Å². The van der Waals surface area contributed by atoms with Crippen LogP contribution in [0.1, 0.15) is 44.9 Å². The Morgan fingerprint density at radius 2 is 1.96 bits per heavy atom. The number of nitrogens with zero attached hydrogens (tertiary/aromatic N) is 2. The summed E-state index contributed by atoms with van der Waals surface area (Å²) in [4.78, 5) is 29.7. The van der Waals surface area contributed by atoms with Gasteiger partial charge in [-0.25, -0.2) is 0 Å². The molecule has 0 bridgehead atoms. The lowest BCUT2D eigenvalue weighted by Crippen LogP contribution is -2.50. The van der Waals surface area contributed by atoms with Crippen LogP contribution in [0.2, 0.25) is 0 Å². The van der Waals surface area contributed by atoms with Gasteiger partial charge < -0.3 is 14.5 Å². The van der Waals surface area contributed by atoms with E-state index in [0.717, 1.165) is 50.6 Å². The third kappa shape index (κ3) is 4.28. The van der Waals surface area contributed by atoms with E-state index >= 15 is 0 Å². The van der Waals surface area contributed by atoms with Gasteiger partial charge in [0.1, 0.15) is 5.75 Å². The molecule has 5 heteroatoms. The molecule has 2 aliphatic heterocycles. The smallest absolute Gasteiger partial charge is 0.230 e. The molecule has 1 aliphatic carbocycles. The second-order valence-electron chi connectivity index (χ2n) is 8.41. The molecule has 1 aromatic rings. The zero-order chi connectivity index (χ0) is 18.7. The number of amides is 2. The van der Waals surface area contributed by atoms with E-state index in [9.17, 15) is 9.59 Å². The van der Waals surface area contributed by atoms with Gasteiger partial charge in [-0.15, -0.1) is 0 Å². The maximum absolute atomic E-state index is 13.1. The van der Waals surface area contributed by atoms with Gasteiger partial charge in [0.05, 0.1) is 12.0 Å². The van der Waals surface area contributed by atoms with Crippen LogP contribution in [0.5, 0.6) is 5.75 Å². The van der Waals surface area contributed by atoms with Crippen molar-refractivity contribution < 1.29 is 14.3 Å². The molecule has 0 aromatic heterocycles. The van der Waals surface area contributed by atoms with Gasteiger partial charge in [-0.2, -0.15) is 0 Å². The number of para-hydroxylation sites is 1. The number of likely N-dealkylation sites (tertiary alicyclic amines) is 2. The van der Waals surface area contributed by atoms with Crippen LogP contribution in [0, 0.1) is 11.3 Å². The number of carbonyl (C=O) groups excluding carboxylic acids is 2. The molecule has 4 rings (SSSR count). The Morgan fingerprint density at radius 1 is 1.15 bits per heavy atom. The van der Waals surface area contributed by atoms with Gasteiger partial charge in [0.15, 0.2) is 0 Å². The lowest BCUT2D eigenvalue weighted by atomic mass is 9.78. The Balaban J connectivity index is 1.24. The highest BCUT2D eigenvalue weighted by atomic mass is 16.5. The Morgan fingerprint density at radius 3 is 2.74 bits per heavy atom. The number of hydrogen-bond donors (Lipinski definition) is 0. The average molecular weight is 370 g/mol. The predicted molar refractivity (Wildman–Crippen MR) is 103 cm³/mol. The van der Waals surface area contributed by atoms with Crippen LogP contribution in [-0.2, 0) is 9.59 Å². The van der Waals surface area contributed by atoms with E-state index in [1.54, 1.807) is 0 Å². The van der Waals surface area contributed by atoms with Crippen LogP contribution < -0.4 is 4.74 Å². The fraction of sp³-hybridized carbons (Fsp3) is 0.636. The molecule has 2 saturated heterocycles. The molecular weight excluding hydrogens is 340 g/mol. The van der Waals surface area contributed by atoms with Crippen LogP contribution in [-0.4, -0.2) is 54.4 Å². The molecule has 3 aliphatic rings. The molecule has 5 nitrogen and oxygen atoms in total. The van der Waals surface area contributed by atoms with Gasteiger partial charge in [-0.3, -0.25) is 9.59 Å². The fourth-order valence-electron chi connectivity index (χ4n) is 4.49. The minimum atomic E-state index is -0.302. The minimum Gasteiger partial charge on any atom is -0.494 e. The molecular formula is C22H30N2O3. The Kier molecular flexibility index (Phi) is 5.37. The summed E-state index contributed by atoms with van der Waals surface area (Å²) in [7, 11) is 0. The first-order chi connectivity index (χ1) is 13.2. The van der Waals surface area contributed by atoms with Crippen molar-refractivity contribution in [2.45, 2.75) is 44.9 Å². The monoisotopic (exact) mass is 370 g/mol. The van der Waals surface area contributed by atoms with Gasteiger partial charge >= 0.3 is 0 Å². The summed E-state index contributed by atoms with van der Waals surface area (Å²) < 4.78 is 5.67. The highest BCUT2D eigenvalue weighted by Crippen LogP contribution is 2.41. The number of carbonyl (C=O) groups is 2. The zero-order valence-electron chi connectivity index (χ0n) is 16.1. The molecule has 146 valence electrons. The molecule has 1 saturated carbocycles. The third-order valence-electron chi connectivity index (χ3n) is 6.25. The summed E-state index contributed by atoms with van der Waals surface area (Å²) in [5, 5.41) is 0. The first-order valence-electron chi connectivity index (χ1n) is 10.4. The third-order valence-corrected chi connectivity index (χ3v) is 6.25. The Bertz CT molecular complexity index is 673. The molecule has 2 heterocycles. The largest absolute Gasteiger partial charge is 0.494 e. The van der Waals surface area contributed by atoms with E-state index in [4.69, 9.17) is 4.74 Å². The van der Waals surface area contributed by atoms with E-state index in [2.05, 4.69) is 4.90 Å². The van der Waals surface area contributed by atoms with Crippen molar-refractivity contribution in [2.75, 3.05) is 32.8 Å². The van der Waals surface area contributed by atoms with Gasteiger partial charge in [0.25, 0.3) is 0 Å². The molecule has 0 unspecified atom stereocenters. The van der Waals surface area contributed by atoms with Gasteiger partial charge in [0.2, 0.25) is 11.8 Å². The highest BCUT2D eigenvalue weighted by molar-refractivity contribution is 5.86. The van der Waals surface area contributed by atoms with Crippen LogP contribution >= 0.6 is 0 Å². The SMILES string of the molecule is O=C(CCCOc1ccccc1)N1CC[C@]2(CCCN(CC3CC3)C2=O)C1. The molecule has 1 spiro atoms. The first-order valence-corrected chi connectivity index (χ1v) is 10.4. The lowest BCUT2D eigenvalue weighted by Gasteiger charge is -2.39. The highest BCUT2D eigenvalue weighted by Gasteiger charge is 2.49. The molecule has 2 amide bonds. The van der Waals surface area contributed by atoms with Crippen molar-refractivity contribution in [3.63, 3.8) is 0 Å². The van der Waals surface area contributed by atoms with Crippen molar-refractivity contribution in [2.24, 2.45) is 11.3 Å². The molecule has 0 N–H and O–H groups in total. The number of benzene rings is 1. The second-order valence-corrected chi connectivity index (χ2v) is 8.41. The molecule has 1 atom stereocenters. The summed E-state index contributed by atoms with van der Waals surface area (Å²) in [5.41, 5.74) is -0.302. The van der Waals surface area contributed by atoms with E-state index in [1.807, 2.05) is 35.2 Å². The number of rotatable bonds is 7. The number of piperidine rings is 1. The number of ether oxygens (including phenoxy) is 1. The summed E-state index contributed by atoms with van der Waals surface area (Å²) in [5.74, 6) is 2.04. The first kappa shape index (κ1) is 18.3. The maximum Gasteiger partial charge on any atom is 0.230 e. The summed E-state index contributed by atoms with van der Waals surface area (Å²) >= 11 is 0. The van der Waals surface area contributed by atoms with Crippen molar-refractivity contribution in [1.82, 2.24) is 9.80 Å². The van der Waals surface area contributed by atoms with Gasteiger partial charge in [-0.1, -0.05) is 18.2 Å².